The van der Waals surface area contributed by atoms with Crippen molar-refractivity contribution in [1.82, 2.24) is 5.32 Å². The van der Waals surface area contributed by atoms with Crippen molar-refractivity contribution in [2.45, 2.75) is 32.7 Å². The maximum Gasteiger partial charge on any atom is 0.242 e. The minimum absolute atomic E-state index is 0.102. The molecule has 0 aromatic heterocycles. The van der Waals surface area contributed by atoms with Gasteiger partial charge in [0.25, 0.3) is 0 Å². The van der Waals surface area contributed by atoms with E-state index in [1.807, 2.05) is 0 Å². The van der Waals surface area contributed by atoms with Crippen molar-refractivity contribution in [3.8, 4) is 0 Å². The summed E-state index contributed by atoms with van der Waals surface area (Å²) in [5.74, 6) is -0.544. The average Bonchev–Trinajstić information content (AvgIpc) is 2.32. The summed E-state index contributed by atoms with van der Waals surface area (Å²) in [4.78, 5) is 12.3. The highest BCUT2D eigenvalue weighted by Crippen LogP contribution is 2.31. The van der Waals surface area contributed by atoms with Crippen molar-refractivity contribution in [2.24, 2.45) is 5.41 Å². The molecule has 1 amide bonds. The van der Waals surface area contributed by atoms with Crippen LogP contribution in [0.4, 0.5) is 10.1 Å². The molecule has 1 fully saturated rings. The maximum atomic E-state index is 13.0. The van der Waals surface area contributed by atoms with E-state index in [2.05, 4.69) is 24.5 Å². The number of anilines is 1. The first-order valence-corrected chi connectivity index (χ1v) is 6.77. The van der Waals surface area contributed by atoms with E-state index in [-0.39, 0.29) is 22.4 Å². The molecule has 1 aliphatic rings. The number of amides is 1. The Kier molecular flexibility index (Phi) is 4.11. The van der Waals surface area contributed by atoms with Crippen LogP contribution in [0.5, 0.6) is 0 Å². The SMILES string of the molecule is CC1(C)CCCNC1C(=O)Nc1ccc(F)cc1Cl. The van der Waals surface area contributed by atoms with Gasteiger partial charge in [0.05, 0.1) is 16.8 Å². The van der Waals surface area contributed by atoms with E-state index in [0.717, 1.165) is 19.4 Å². The molecule has 2 N–H and O–H groups in total. The van der Waals surface area contributed by atoms with E-state index < -0.39 is 5.82 Å². The van der Waals surface area contributed by atoms with Crippen molar-refractivity contribution in [2.75, 3.05) is 11.9 Å². The van der Waals surface area contributed by atoms with Crippen LogP contribution in [0, 0.1) is 11.2 Å². The van der Waals surface area contributed by atoms with Crippen LogP contribution >= 0.6 is 11.6 Å². The highest BCUT2D eigenvalue weighted by Gasteiger charge is 2.37. The molecule has 0 bridgehead atoms. The minimum atomic E-state index is -0.417. The zero-order chi connectivity index (χ0) is 14.0. The number of rotatable bonds is 2. The standard InChI is InChI=1S/C14H18ClFN2O/c1-14(2)6-3-7-17-12(14)13(19)18-11-5-4-9(16)8-10(11)15/h4-5,8,12,17H,3,6-7H2,1-2H3,(H,18,19). The van der Waals surface area contributed by atoms with Crippen LogP contribution in [-0.4, -0.2) is 18.5 Å². The van der Waals surface area contributed by atoms with E-state index >= 15 is 0 Å². The first kappa shape index (κ1) is 14.3. The van der Waals surface area contributed by atoms with Crippen molar-refractivity contribution < 1.29 is 9.18 Å². The topological polar surface area (TPSA) is 41.1 Å². The molecule has 5 heteroatoms. The van der Waals surface area contributed by atoms with Crippen LogP contribution in [0.2, 0.25) is 5.02 Å². The quantitative estimate of drug-likeness (QED) is 0.876. The summed E-state index contributed by atoms with van der Waals surface area (Å²) in [5.41, 5.74) is 0.339. The number of hydrogen-bond donors (Lipinski definition) is 2. The monoisotopic (exact) mass is 284 g/mol. The molecule has 1 atom stereocenters. The number of nitrogens with one attached hydrogen (secondary N) is 2. The van der Waals surface area contributed by atoms with E-state index in [0.29, 0.717) is 5.69 Å². The van der Waals surface area contributed by atoms with Gasteiger partial charge < -0.3 is 10.6 Å². The third-order valence-electron chi connectivity index (χ3n) is 3.58. The summed E-state index contributed by atoms with van der Waals surface area (Å²) in [5, 5.41) is 6.20. The highest BCUT2D eigenvalue weighted by molar-refractivity contribution is 6.33. The van der Waals surface area contributed by atoms with Crippen LogP contribution in [0.1, 0.15) is 26.7 Å². The van der Waals surface area contributed by atoms with Gasteiger partial charge in [-0.1, -0.05) is 25.4 Å². The number of hydrogen-bond acceptors (Lipinski definition) is 2. The molecule has 1 saturated heterocycles. The largest absolute Gasteiger partial charge is 0.323 e. The van der Waals surface area contributed by atoms with Gasteiger partial charge in [-0.15, -0.1) is 0 Å². The molecule has 104 valence electrons. The van der Waals surface area contributed by atoms with Crippen molar-refractivity contribution in [3.63, 3.8) is 0 Å². The predicted molar refractivity (Wildman–Crippen MR) is 74.8 cm³/mol. The van der Waals surface area contributed by atoms with E-state index in [1.165, 1.54) is 18.2 Å². The molecule has 3 nitrogen and oxygen atoms in total. The third-order valence-corrected chi connectivity index (χ3v) is 3.89. The van der Waals surface area contributed by atoms with Crippen LogP contribution in [0.15, 0.2) is 18.2 Å². The van der Waals surface area contributed by atoms with Crippen LogP contribution in [0.3, 0.4) is 0 Å². The zero-order valence-electron chi connectivity index (χ0n) is 11.1. The van der Waals surface area contributed by atoms with E-state index in [1.54, 1.807) is 0 Å². The van der Waals surface area contributed by atoms with Gasteiger partial charge in [0.2, 0.25) is 5.91 Å². The molecule has 1 aromatic rings. The summed E-state index contributed by atoms with van der Waals surface area (Å²) >= 11 is 5.91. The Labute approximate surface area is 117 Å². The lowest BCUT2D eigenvalue weighted by Crippen LogP contribution is -2.53. The fourth-order valence-electron chi connectivity index (χ4n) is 2.45. The first-order valence-electron chi connectivity index (χ1n) is 6.39. The van der Waals surface area contributed by atoms with E-state index in [9.17, 15) is 9.18 Å². The molecular formula is C14H18ClFN2O. The van der Waals surface area contributed by atoms with Gasteiger partial charge in [0, 0.05) is 0 Å². The van der Waals surface area contributed by atoms with Gasteiger partial charge in [-0.2, -0.15) is 0 Å². The number of benzene rings is 1. The molecule has 1 heterocycles. The predicted octanol–water partition coefficient (Wildman–Crippen LogP) is 3.20. The number of carbonyl (C=O) groups excluding carboxylic acids is 1. The normalized spacial score (nSPS) is 22.0. The minimum Gasteiger partial charge on any atom is -0.323 e. The molecule has 0 aliphatic carbocycles. The van der Waals surface area contributed by atoms with Crippen molar-refractivity contribution in [1.29, 1.82) is 0 Å². The molecule has 0 radical (unpaired) electrons. The number of halogens is 2. The molecular weight excluding hydrogens is 267 g/mol. The second-order valence-corrected chi connectivity index (χ2v) is 6.00. The van der Waals surface area contributed by atoms with Crippen molar-refractivity contribution >= 4 is 23.2 Å². The number of piperidine rings is 1. The highest BCUT2D eigenvalue weighted by atomic mass is 35.5. The van der Waals surface area contributed by atoms with Gasteiger partial charge in [-0.25, -0.2) is 4.39 Å². The van der Waals surface area contributed by atoms with E-state index in [4.69, 9.17) is 11.6 Å². The van der Waals surface area contributed by atoms with Gasteiger partial charge in [-0.05, 0) is 43.0 Å². The Hall–Kier alpha value is -1.13. The summed E-state index contributed by atoms with van der Waals surface area (Å²) < 4.78 is 13.0. The number of carbonyl (C=O) groups is 1. The third kappa shape index (κ3) is 3.25. The van der Waals surface area contributed by atoms with Crippen LogP contribution in [0.25, 0.3) is 0 Å². The lowest BCUT2D eigenvalue weighted by Gasteiger charge is -2.38. The summed E-state index contributed by atoms with van der Waals surface area (Å²) in [6, 6.07) is 3.69. The lowest BCUT2D eigenvalue weighted by molar-refractivity contribution is -0.121. The Morgan fingerprint density at radius 2 is 2.26 bits per heavy atom. The van der Waals surface area contributed by atoms with Crippen LogP contribution < -0.4 is 10.6 Å². The molecule has 1 unspecified atom stereocenters. The Morgan fingerprint density at radius 1 is 1.53 bits per heavy atom. The fourth-order valence-corrected chi connectivity index (χ4v) is 2.67. The molecule has 19 heavy (non-hydrogen) atoms. The Balaban J connectivity index is 2.12. The van der Waals surface area contributed by atoms with Gasteiger partial charge >= 0.3 is 0 Å². The van der Waals surface area contributed by atoms with Crippen molar-refractivity contribution in [3.05, 3.63) is 29.0 Å². The molecule has 1 aromatic carbocycles. The molecule has 2 rings (SSSR count). The second-order valence-electron chi connectivity index (χ2n) is 5.59. The Morgan fingerprint density at radius 3 is 2.89 bits per heavy atom. The second kappa shape index (κ2) is 5.47. The molecule has 0 saturated carbocycles. The van der Waals surface area contributed by atoms with Crippen LogP contribution in [-0.2, 0) is 4.79 Å². The molecule has 0 spiro atoms. The zero-order valence-corrected chi connectivity index (χ0v) is 11.9. The van der Waals surface area contributed by atoms with Gasteiger partial charge in [-0.3, -0.25) is 4.79 Å². The first-order chi connectivity index (χ1) is 8.90. The summed E-state index contributed by atoms with van der Waals surface area (Å²) in [6.07, 6.45) is 2.06. The molecule has 1 aliphatic heterocycles. The maximum absolute atomic E-state index is 13.0. The average molecular weight is 285 g/mol. The Bertz CT molecular complexity index is 490. The summed E-state index contributed by atoms with van der Waals surface area (Å²) in [7, 11) is 0. The lowest BCUT2D eigenvalue weighted by atomic mass is 9.77. The summed E-state index contributed by atoms with van der Waals surface area (Å²) in [6.45, 7) is 4.96. The van der Waals surface area contributed by atoms with Gasteiger partial charge in [0.1, 0.15) is 5.82 Å². The smallest absolute Gasteiger partial charge is 0.242 e. The van der Waals surface area contributed by atoms with Gasteiger partial charge in [0.15, 0.2) is 0 Å². The fraction of sp³-hybridized carbons (Fsp3) is 0.500.